The van der Waals surface area contributed by atoms with Crippen LogP contribution in [0.4, 0.5) is 0 Å². The van der Waals surface area contributed by atoms with E-state index in [2.05, 4.69) is 13.0 Å². The lowest BCUT2D eigenvalue weighted by Crippen LogP contribution is -2.09. The highest BCUT2D eigenvalue weighted by Crippen LogP contribution is 2.45. The molecule has 1 atom stereocenters. The number of hydrogen-bond acceptors (Lipinski definition) is 6. The van der Waals surface area contributed by atoms with E-state index in [0.717, 1.165) is 35.6 Å². The molecular formula is C35H59O7P. The summed E-state index contributed by atoms with van der Waals surface area (Å²) in [6.45, 7) is 5.72. The molecule has 0 aliphatic rings. The highest BCUT2D eigenvalue weighted by atomic mass is 31.2. The van der Waals surface area contributed by atoms with Crippen LogP contribution in [-0.4, -0.2) is 37.9 Å². The maximum Gasteiger partial charge on any atom is 0.508 e. The largest absolute Gasteiger partial charge is 0.508 e. The van der Waals surface area contributed by atoms with Gasteiger partial charge in [-0.3, -0.25) is 4.52 Å². The number of hydrogen-bond donors (Lipinski definition) is 1. The average Bonchev–Trinajstić information content (AvgIpc) is 3.01. The number of unbranched alkanes of at least 4 members (excludes halogenated alkanes) is 16. The highest BCUT2D eigenvalue weighted by molar-refractivity contribution is 7.47. The molecule has 1 N–H and O–H groups in total. The molecule has 0 saturated carbocycles. The Kier molecular flexibility index (Phi) is 21.8. The van der Waals surface area contributed by atoms with Crippen LogP contribution in [0.2, 0.25) is 0 Å². The molecule has 2 aromatic carbocycles. The van der Waals surface area contributed by atoms with Gasteiger partial charge in [-0.05, 0) is 30.7 Å². The monoisotopic (exact) mass is 622 g/mol. The SMILES string of the molecule is CCCCCCCCCCCCCCCCCCCc1ccc2ccccc2c1OOP(=O)(O)OCCOCCOCC. The van der Waals surface area contributed by atoms with E-state index in [4.69, 9.17) is 23.6 Å². The van der Waals surface area contributed by atoms with Gasteiger partial charge in [0, 0.05) is 12.0 Å². The first kappa shape index (κ1) is 37.7. The number of phosphoric ester groups is 1. The normalized spacial score (nSPS) is 13.0. The first-order valence-corrected chi connectivity index (χ1v) is 18.6. The van der Waals surface area contributed by atoms with Crippen molar-refractivity contribution in [2.24, 2.45) is 0 Å². The molecule has 0 aliphatic heterocycles. The first-order chi connectivity index (χ1) is 21.1. The molecule has 8 heteroatoms. The number of phosphoric acid groups is 1. The van der Waals surface area contributed by atoms with Gasteiger partial charge in [0.25, 0.3) is 0 Å². The topological polar surface area (TPSA) is 83.5 Å². The maximum atomic E-state index is 12.4. The summed E-state index contributed by atoms with van der Waals surface area (Å²) >= 11 is 0. The number of benzene rings is 2. The number of ether oxygens (including phenoxy) is 2. The Labute approximate surface area is 261 Å². The van der Waals surface area contributed by atoms with Crippen LogP contribution < -0.4 is 4.89 Å². The predicted molar refractivity (Wildman–Crippen MR) is 177 cm³/mol. The standard InChI is InChI=1S/C35H59O7P/c1-3-5-6-7-8-9-10-11-12-13-14-15-16-17-18-19-20-24-33-27-26-32-23-21-22-25-34(32)35(33)41-42-43(36,37)40-31-30-39-29-28-38-4-2/h21-23,25-27H,3-20,24,28-31H2,1-2H3,(H,36,37). The second-order valence-corrected chi connectivity index (χ2v) is 12.8. The van der Waals surface area contributed by atoms with Gasteiger partial charge in [-0.15, -0.1) is 0 Å². The third-order valence-electron chi connectivity index (χ3n) is 7.78. The fourth-order valence-corrected chi connectivity index (χ4v) is 5.82. The zero-order valence-corrected chi connectivity index (χ0v) is 28.0. The van der Waals surface area contributed by atoms with Gasteiger partial charge >= 0.3 is 7.82 Å². The zero-order chi connectivity index (χ0) is 30.9. The van der Waals surface area contributed by atoms with E-state index in [0.29, 0.717) is 25.6 Å². The van der Waals surface area contributed by atoms with Crippen molar-refractivity contribution in [2.45, 2.75) is 129 Å². The van der Waals surface area contributed by atoms with Crippen molar-refractivity contribution in [3.8, 4) is 5.75 Å². The van der Waals surface area contributed by atoms with Gasteiger partial charge in [0.05, 0.1) is 26.4 Å². The lowest BCUT2D eigenvalue weighted by Gasteiger charge is -2.15. The van der Waals surface area contributed by atoms with Crippen LogP contribution in [0.25, 0.3) is 10.8 Å². The second-order valence-electron chi connectivity index (χ2n) is 11.5. The molecule has 0 aromatic heterocycles. The molecule has 2 aromatic rings. The Balaban J connectivity index is 1.62. The fourth-order valence-electron chi connectivity index (χ4n) is 5.31. The van der Waals surface area contributed by atoms with Crippen LogP contribution in [0.3, 0.4) is 0 Å². The van der Waals surface area contributed by atoms with Crippen molar-refractivity contribution >= 4 is 18.6 Å². The van der Waals surface area contributed by atoms with E-state index in [1.54, 1.807) is 0 Å². The highest BCUT2D eigenvalue weighted by Gasteiger charge is 2.25. The molecule has 43 heavy (non-hydrogen) atoms. The molecule has 0 saturated heterocycles. The summed E-state index contributed by atoms with van der Waals surface area (Å²) in [5.41, 5.74) is 0.957. The summed E-state index contributed by atoms with van der Waals surface area (Å²) in [6, 6.07) is 11.9. The molecule has 2 rings (SSSR count). The van der Waals surface area contributed by atoms with Crippen LogP contribution in [-0.2, 0) is 29.7 Å². The number of rotatable bonds is 29. The first-order valence-electron chi connectivity index (χ1n) is 17.1. The quantitative estimate of drug-likeness (QED) is 0.0418. The maximum absolute atomic E-state index is 12.4. The van der Waals surface area contributed by atoms with Crippen molar-refractivity contribution in [3.63, 3.8) is 0 Å². The molecule has 0 bridgehead atoms. The van der Waals surface area contributed by atoms with Crippen LogP contribution in [0, 0.1) is 0 Å². The van der Waals surface area contributed by atoms with Crippen LogP contribution >= 0.6 is 7.82 Å². The molecule has 1 unspecified atom stereocenters. The van der Waals surface area contributed by atoms with Crippen LogP contribution in [0.15, 0.2) is 36.4 Å². The van der Waals surface area contributed by atoms with Crippen molar-refractivity contribution in [1.82, 2.24) is 0 Å². The molecule has 7 nitrogen and oxygen atoms in total. The van der Waals surface area contributed by atoms with Gasteiger partial charge in [0.15, 0.2) is 5.75 Å². The van der Waals surface area contributed by atoms with E-state index >= 15 is 0 Å². The Morgan fingerprint density at radius 1 is 0.628 bits per heavy atom. The Hall–Kier alpha value is -1.47. The number of aryl methyl sites for hydroxylation is 1. The molecule has 0 radical (unpaired) electrons. The Morgan fingerprint density at radius 2 is 1.16 bits per heavy atom. The lowest BCUT2D eigenvalue weighted by atomic mass is 10.00. The van der Waals surface area contributed by atoms with E-state index in [1.165, 1.54) is 96.3 Å². The van der Waals surface area contributed by atoms with Crippen molar-refractivity contribution < 1.29 is 33.0 Å². The summed E-state index contributed by atoms with van der Waals surface area (Å²) in [5, 5.41) is 1.81. The fraction of sp³-hybridized carbons (Fsp3) is 0.714. The van der Waals surface area contributed by atoms with Crippen molar-refractivity contribution in [3.05, 3.63) is 42.0 Å². The second kappa shape index (κ2) is 24.8. The van der Waals surface area contributed by atoms with Gasteiger partial charge in [-0.2, -0.15) is 0 Å². The molecule has 246 valence electrons. The van der Waals surface area contributed by atoms with Crippen molar-refractivity contribution in [1.29, 1.82) is 0 Å². The Bertz CT molecular complexity index is 999. The average molecular weight is 623 g/mol. The third kappa shape index (κ3) is 18.2. The van der Waals surface area contributed by atoms with E-state index in [-0.39, 0.29) is 13.2 Å². The van der Waals surface area contributed by atoms with Gasteiger partial charge in [-0.25, -0.2) is 4.57 Å². The van der Waals surface area contributed by atoms with E-state index < -0.39 is 7.82 Å². The summed E-state index contributed by atoms with van der Waals surface area (Å²) in [4.78, 5) is 15.6. The zero-order valence-electron chi connectivity index (χ0n) is 27.1. The minimum atomic E-state index is -4.42. The minimum absolute atomic E-state index is 0.0923. The summed E-state index contributed by atoms with van der Waals surface area (Å²) in [7, 11) is -4.42. The molecule has 0 amide bonds. The Morgan fingerprint density at radius 3 is 1.77 bits per heavy atom. The third-order valence-corrected chi connectivity index (χ3v) is 8.56. The molecule has 0 heterocycles. The van der Waals surface area contributed by atoms with Gasteiger partial charge in [0.1, 0.15) is 0 Å². The summed E-state index contributed by atoms with van der Waals surface area (Å²) < 4.78 is 32.9. The van der Waals surface area contributed by atoms with Gasteiger partial charge in [0.2, 0.25) is 0 Å². The predicted octanol–water partition coefficient (Wildman–Crippen LogP) is 10.5. The lowest BCUT2D eigenvalue weighted by molar-refractivity contribution is -0.128. The van der Waals surface area contributed by atoms with Crippen molar-refractivity contribution in [2.75, 3.05) is 33.0 Å². The molecule has 0 fully saturated rings. The van der Waals surface area contributed by atoms with Gasteiger partial charge in [-0.1, -0.05) is 151 Å². The summed E-state index contributed by atoms with van der Waals surface area (Å²) in [6.07, 6.45) is 23.6. The molecular weight excluding hydrogens is 563 g/mol. The van der Waals surface area contributed by atoms with E-state index in [9.17, 15) is 9.46 Å². The van der Waals surface area contributed by atoms with E-state index in [1.807, 2.05) is 37.3 Å². The van der Waals surface area contributed by atoms with Gasteiger partial charge < -0.3 is 19.3 Å². The van der Waals surface area contributed by atoms with Crippen LogP contribution in [0.1, 0.15) is 129 Å². The summed E-state index contributed by atoms with van der Waals surface area (Å²) in [5.74, 6) is 0.473. The molecule has 0 aliphatic carbocycles. The molecule has 0 spiro atoms. The number of fused-ring (bicyclic) bond motifs is 1. The van der Waals surface area contributed by atoms with Crippen LogP contribution in [0.5, 0.6) is 5.75 Å². The minimum Gasteiger partial charge on any atom is -0.379 e. The smallest absolute Gasteiger partial charge is 0.379 e.